The highest BCUT2D eigenvalue weighted by molar-refractivity contribution is 5.37. The zero-order valence-corrected chi connectivity index (χ0v) is 8.76. The SMILES string of the molecule is O=CO[C@@H]1CCC[C@H](c2ccccc2)C1. The number of hydrogen-bond acceptors (Lipinski definition) is 2. The first-order valence-electron chi connectivity index (χ1n) is 5.54. The minimum Gasteiger partial charge on any atom is -0.465 e. The minimum absolute atomic E-state index is 0.126. The van der Waals surface area contributed by atoms with E-state index in [0.29, 0.717) is 12.4 Å². The maximum absolute atomic E-state index is 10.3. The summed E-state index contributed by atoms with van der Waals surface area (Å²) in [6.07, 6.45) is 4.48. The molecule has 2 atom stereocenters. The monoisotopic (exact) mass is 204 g/mol. The van der Waals surface area contributed by atoms with Crippen LogP contribution in [0.4, 0.5) is 0 Å². The van der Waals surface area contributed by atoms with Crippen molar-refractivity contribution in [2.75, 3.05) is 0 Å². The quantitative estimate of drug-likeness (QED) is 0.708. The van der Waals surface area contributed by atoms with Crippen molar-refractivity contribution in [3.63, 3.8) is 0 Å². The van der Waals surface area contributed by atoms with E-state index in [2.05, 4.69) is 24.3 Å². The van der Waals surface area contributed by atoms with Crippen molar-refractivity contribution >= 4 is 6.47 Å². The van der Waals surface area contributed by atoms with Gasteiger partial charge in [-0.25, -0.2) is 0 Å². The van der Waals surface area contributed by atoms with E-state index in [1.54, 1.807) is 0 Å². The van der Waals surface area contributed by atoms with Gasteiger partial charge in [-0.1, -0.05) is 30.3 Å². The lowest BCUT2D eigenvalue weighted by atomic mass is 9.82. The number of benzene rings is 1. The normalized spacial score (nSPS) is 25.9. The van der Waals surface area contributed by atoms with Gasteiger partial charge in [0.15, 0.2) is 0 Å². The van der Waals surface area contributed by atoms with Gasteiger partial charge in [0.05, 0.1) is 0 Å². The summed E-state index contributed by atoms with van der Waals surface area (Å²) in [4.78, 5) is 10.3. The molecule has 80 valence electrons. The minimum atomic E-state index is 0.126. The van der Waals surface area contributed by atoms with Crippen molar-refractivity contribution in [1.29, 1.82) is 0 Å². The Bertz CT molecular complexity index is 308. The Morgan fingerprint density at radius 1 is 1.20 bits per heavy atom. The predicted molar refractivity (Wildman–Crippen MR) is 58.6 cm³/mol. The Kier molecular flexibility index (Phi) is 3.38. The molecule has 0 unspecified atom stereocenters. The highest BCUT2D eigenvalue weighted by Gasteiger charge is 2.23. The maximum Gasteiger partial charge on any atom is 0.293 e. The van der Waals surface area contributed by atoms with Crippen LogP contribution < -0.4 is 0 Å². The molecule has 2 heteroatoms. The smallest absolute Gasteiger partial charge is 0.293 e. The van der Waals surface area contributed by atoms with Gasteiger partial charge in [0.1, 0.15) is 6.10 Å². The highest BCUT2D eigenvalue weighted by Crippen LogP contribution is 2.33. The molecule has 15 heavy (non-hydrogen) atoms. The van der Waals surface area contributed by atoms with Gasteiger partial charge in [0, 0.05) is 0 Å². The fraction of sp³-hybridized carbons (Fsp3) is 0.462. The molecule has 1 aromatic carbocycles. The van der Waals surface area contributed by atoms with Crippen molar-refractivity contribution in [2.45, 2.75) is 37.7 Å². The lowest BCUT2D eigenvalue weighted by molar-refractivity contribution is -0.135. The fourth-order valence-electron chi connectivity index (χ4n) is 2.38. The molecule has 0 saturated heterocycles. The van der Waals surface area contributed by atoms with Crippen LogP contribution in [0.15, 0.2) is 30.3 Å². The summed E-state index contributed by atoms with van der Waals surface area (Å²) in [5, 5.41) is 0. The van der Waals surface area contributed by atoms with E-state index in [0.717, 1.165) is 19.3 Å². The Hall–Kier alpha value is -1.31. The second-order valence-corrected chi connectivity index (χ2v) is 4.13. The van der Waals surface area contributed by atoms with Crippen LogP contribution >= 0.6 is 0 Å². The average molecular weight is 204 g/mol. The molecule has 0 amide bonds. The van der Waals surface area contributed by atoms with Crippen LogP contribution in [0.5, 0.6) is 0 Å². The van der Waals surface area contributed by atoms with Crippen LogP contribution in [-0.2, 0) is 9.53 Å². The Morgan fingerprint density at radius 3 is 2.73 bits per heavy atom. The second-order valence-electron chi connectivity index (χ2n) is 4.13. The molecule has 2 nitrogen and oxygen atoms in total. The topological polar surface area (TPSA) is 26.3 Å². The molecule has 0 bridgehead atoms. The predicted octanol–water partition coefficient (Wildman–Crippen LogP) is 2.89. The number of ether oxygens (including phenoxy) is 1. The van der Waals surface area contributed by atoms with E-state index >= 15 is 0 Å². The van der Waals surface area contributed by atoms with Gasteiger partial charge in [0.2, 0.25) is 0 Å². The van der Waals surface area contributed by atoms with Crippen LogP contribution in [0.3, 0.4) is 0 Å². The molecule has 1 fully saturated rings. The fourth-order valence-corrected chi connectivity index (χ4v) is 2.38. The number of carbonyl (C=O) groups is 1. The van der Waals surface area contributed by atoms with E-state index in [1.807, 2.05) is 6.07 Å². The summed E-state index contributed by atoms with van der Waals surface area (Å²) in [5.41, 5.74) is 1.37. The number of hydrogen-bond donors (Lipinski definition) is 0. The third kappa shape index (κ3) is 2.58. The lowest BCUT2D eigenvalue weighted by Crippen LogP contribution is -2.21. The van der Waals surface area contributed by atoms with Crippen LogP contribution in [0.2, 0.25) is 0 Å². The van der Waals surface area contributed by atoms with E-state index in [1.165, 1.54) is 12.0 Å². The van der Waals surface area contributed by atoms with E-state index in [9.17, 15) is 4.79 Å². The second kappa shape index (κ2) is 4.96. The third-order valence-corrected chi connectivity index (χ3v) is 3.15. The number of rotatable bonds is 3. The largest absolute Gasteiger partial charge is 0.465 e. The summed E-state index contributed by atoms with van der Waals surface area (Å²) < 4.78 is 5.05. The van der Waals surface area contributed by atoms with Gasteiger partial charge in [-0.15, -0.1) is 0 Å². The molecular formula is C13H16O2. The standard InChI is InChI=1S/C13H16O2/c14-10-15-13-8-4-7-12(9-13)11-5-2-1-3-6-11/h1-3,5-6,10,12-13H,4,7-9H2/t12-,13+/m0/s1. The van der Waals surface area contributed by atoms with Gasteiger partial charge in [0.25, 0.3) is 6.47 Å². The molecule has 0 aliphatic heterocycles. The molecular weight excluding hydrogens is 188 g/mol. The molecule has 0 radical (unpaired) electrons. The summed E-state index contributed by atoms with van der Waals surface area (Å²) in [6.45, 7) is 0.581. The van der Waals surface area contributed by atoms with Crippen molar-refractivity contribution in [3.8, 4) is 0 Å². The summed E-state index contributed by atoms with van der Waals surface area (Å²) >= 11 is 0. The van der Waals surface area contributed by atoms with Crippen LogP contribution in [0.25, 0.3) is 0 Å². The summed E-state index contributed by atoms with van der Waals surface area (Å²) in [6, 6.07) is 10.5. The van der Waals surface area contributed by atoms with Gasteiger partial charge in [-0.05, 0) is 37.2 Å². The lowest BCUT2D eigenvalue weighted by Gasteiger charge is -2.28. The summed E-state index contributed by atoms with van der Waals surface area (Å²) in [5.74, 6) is 0.560. The van der Waals surface area contributed by atoms with Gasteiger partial charge < -0.3 is 4.74 Å². The van der Waals surface area contributed by atoms with Gasteiger partial charge in [-0.3, -0.25) is 4.79 Å². The number of carbonyl (C=O) groups excluding carboxylic acids is 1. The zero-order valence-electron chi connectivity index (χ0n) is 8.76. The molecule has 0 spiro atoms. The molecule has 0 N–H and O–H groups in total. The molecule has 1 aromatic rings. The van der Waals surface area contributed by atoms with E-state index in [-0.39, 0.29) is 6.10 Å². The van der Waals surface area contributed by atoms with Gasteiger partial charge >= 0.3 is 0 Å². The first kappa shape index (κ1) is 10.2. The van der Waals surface area contributed by atoms with Crippen molar-refractivity contribution in [1.82, 2.24) is 0 Å². The first-order valence-corrected chi connectivity index (χ1v) is 5.54. The van der Waals surface area contributed by atoms with Crippen LogP contribution in [-0.4, -0.2) is 12.6 Å². The van der Waals surface area contributed by atoms with Crippen molar-refractivity contribution in [3.05, 3.63) is 35.9 Å². The average Bonchev–Trinajstić information content (AvgIpc) is 2.31. The van der Waals surface area contributed by atoms with Gasteiger partial charge in [-0.2, -0.15) is 0 Å². The zero-order chi connectivity index (χ0) is 10.5. The Balaban J connectivity index is 2.01. The third-order valence-electron chi connectivity index (χ3n) is 3.15. The molecule has 2 rings (SSSR count). The first-order chi connectivity index (χ1) is 7.40. The summed E-state index contributed by atoms with van der Waals surface area (Å²) in [7, 11) is 0. The van der Waals surface area contributed by atoms with E-state index in [4.69, 9.17) is 4.74 Å². The molecule has 1 aliphatic rings. The Morgan fingerprint density at radius 2 is 2.00 bits per heavy atom. The molecule has 0 aromatic heterocycles. The highest BCUT2D eigenvalue weighted by atomic mass is 16.5. The van der Waals surface area contributed by atoms with Crippen molar-refractivity contribution in [2.24, 2.45) is 0 Å². The maximum atomic E-state index is 10.3. The van der Waals surface area contributed by atoms with Crippen LogP contribution in [0, 0.1) is 0 Å². The molecule has 0 heterocycles. The Labute approximate surface area is 90.3 Å². The van der Waals surface area contributed by atoms with E-state index < -0.39 is 0 Å². The van der Waals surface area contributed by atoms with Crippen LogP contribution in [0.1, 0.15) is 37.2 Å². The van der Waals surface area contributed by atoms with Crippen molar-refractivity contribution < 1.29 is 9.53 Å². The molecule has 1 aliphatic carbocycles. The molecule has 1 saturated carbocycles.